The number of esters is 1. The van der Waals surface area contributed by atoms with E-state index < -0.39 is 5.41 Å². The molecule has 134 valence electrons. The molecule has 3 aliphatic heterocycles. The number of rotatable bonds is 4. The van der Waals surface area contributed by atoms with Gasteiger partial charge in [0.2, 0.25) is 5.91 Å². The van der Waals surface area contributed by atoms with Gasteiger partial charge in [-0.1, -0.05) is 12.1 Å². The monoisotopic (exact) mass is 344 g/mol. The summed E-state index contributed by atoms with van der Waals surface area (Å²) in [6, 6.07) is 8.20. The summed E-state index contributed by atoms with van der Waals surface area (Å²) >= 11 is 0. The first-order valence-corrected chi connectivity index (χ1v) is 8.90. The fourth-order valence-corrected chi connectivity index (χ4v) is 4.41. The molecule has 1 aromatic carbocycles. The summed E-state index contributed by atoms with van der Waals surface area (Å²) in [6.45, 7) is 4.22. The fraction of sp³-hybridized carbons (Fsp3) is 0.579. The summed E-state index contributed by atoms with van der Waals surface area (Å²) in [7, 11) is 1.45. The van der Waals surface area contributed by atoms with E-state index in [4.69, 9.17) is 9.47 Å². The van der Waals surface area contributed by atoms with Crippen molar-refractivity contribution in [2.24, 2.45) is 11.3 Å². The average Bonchev–Trinajstić information content (AvgIpc) is 3.29. The van der Waals surface area contributed by atoms with Crippen LogP contribution in [0.4, 0.5) is 5.69 Å². The molecule has 0 radical (unpaired) electrons. The first-order valence-electron chi connectivity index (χ1n) is 8.90. The van der Waals surface area contributed by atoms with Gasteiger partial charge in [-0.15, -0.1) is 0 Å². The number of fused-ring (bicyclic) bond motifs is 1. The number of amides is 1. The summed E-state index contributed by atoms with van der Waals surface area (Å²) in [4.78, 5) is 28.3. The first kappa shape index (κ1) is 16.5. The number of likely N-dealkylation sites (tertiary alicyclic amines) is 1. The molecule has 0 bridgehead atoms. The minimum absolute atomic E-state index is 0.152. The predicted molar refractivity (Wildman–Crippen MR) is 92.1 cm³/mol. The molecule has 1 aromatic rings. The Balaban J connectivity index is 1.43. The van der Waals surface area contributed by atoms with Crippen LogP contribution >= 0.6 is 0 Å². The van der Waals surface area contributed by atoms with Crippen molar-refractivity contribution in [3.05, 3.63) is 29.8 Å². The van der Waals surface area contributed by atoms with Gasteiger partial charge in [0.1, 0.15) is 5.41 Å². The van der Waals surface area contributed by atoms with Crippen molar-refractivity contribution in [2.45, 2.75) is 19.4 Å². The molecule has 3 aliphatic rings. The van der Waals surface area contributed by atoms with Crippen LogP contribution in [0, 0.1) is 11.3 Å². The summed E-state index contributed by atoms with van der Waals surface area (Å²) in [6.07, 6.45) is 1.59. The number of nitrogens with zero attached hydrogens (tertiary/aromatic N) is 2. The third kappa shape index (κ3) is 2.83. The SMILES string of the molecule is COC(=O)[C@@]12COC[C@@H]1CN(Cc1ccc(N3CCCC3=O)cc1)C2. The minimum Gasteiger partial charge on any atom is -0.468 e. The van der Waals surface area contributed by atoms with Crippen molar-refractivity contribution in [3.8, 4) is 0 Å². The second kappa shape index (κ2) is 6.42. The van der Waals surface area contributed by atoms with E-state index in [2.05, 4.69) is 17.0 Å². The van der Waals surface area contributed by atoms with Gasteiger partial charge in [-0.25, -0.2) is 0 Å². The molecular formula is C19H24N2O4. The standard InChI is InChI=1S/C19H24N2O4/c1-24-18(23)19-12-20(10-15(19)11-25-13-19)9-14-4-6-16(7-5-14)21-8-2-3-17(21)22/h4-7,15H,2-3,8-13H2,1H3/t15-,19-/m0/s1. The van der Waals surface area contributed by atoms with Gasteiger partial charge in [-0.05, 0) is 24.1 Å². The smallest absolute Gasteiger partial charge is 0.315 e. The van der Waals surface area contributed by atoms with Crippen molar-refractivity contribution < 1.29 is 19.1 Å². The summed E-state index contributed by atoms with van der Waals surface area (Å²) in [5.41, 5.74) is 1.66. The number of carbonyl (C=O) groups excluding carboxylic acids is 2. The number of anilines is 1. The number of ether oxygens (including phenoxy) is 2. The molecule has 1 amide bonds. The predicted octanol–water partition coefficient (Wildman–Crippen LogP) is 1.43. The molecule has 0 N–H and O–H groups in total. The number of hydrogen-bond acceptors (Lipinski definition) is 5. The zero-order valence-corrected chi connectivity index (χ0v) is 14.6. The number of hydrogen-bond donors (Lipinski definition) is 0. The van der Waals surface area contributed by atoms with Crippen LogP contribution in [0.1, 0.15) is 18.4 Å². The Morgan fingerprint density at radius 3 is 2.84 bits per heavy atom. The Hall–Kier alpha value is -1.92. The molecule has 2 atom stereocenters. The van der Waals surface area contributed by atoms with E-state index in [9.17, 15) is 9.59 Å². The molecular weight excluding hydrogens is 320 g/mol. The van der Waals surface area contributed by atoms with Gasteiger partial charge in [0.15, 0.2) is 0 Å². The highest BCUT2D eigenvalue weighted by Crippen LogP contribution is 2.42. The Bertz CT molecular complexity index is 675. The second-order valence-electron chi connectivity index (χ2n) is 7.34. The van der Waals surface area contributed by atoms with Gasteiger partial charge in [0.05, 0.1) is 20.3 Å². The molecule has 0 aromatic heterocycles. The van der Waals surface area contributed by atoms with Crippen molar-refractivity contribution in [1.29, 1.82) is 0 Å². The van der Waals surface area contributed by atoms with Gasteiger partial charge >= 0.3 is 5.97 Å². The maximum atomic E-state index is 12.3. The largest absolute Gasteiger partial charge is 0.468 e. The topological polar surface area (TPSA) is 59.1 Å². The average molecular weight is 344 g/mol. The van der Waals surface area contributed by atoms with Gasteiger partial charge in [0, 0.05) is 44.2 Å². The van der Waals surface area contributed by atoms with Crippen molar-refractivity contribution in [1.82, 2.24) is 4.90 Å². The zero-order chi connectivity index (χ0) is 17.4. The molecule has 0 unspecified atom stereocenters. The number of carbonyl (C=O) groups is 2. The molecule has 0 spiro atoms. The summed E-state index contributed by atoms with van der Waals surface area (Å²) in [5.74, 6) is 0.266. The third-order valence-corrected chi connectivity index (χ3v) is 5.76. The van der Waals surface area contributed by atoms with Crippen molar-refractivity contribution in [2.75, 3.05) is 44.9 Å². The first-order chi connectivity index (χ1) is 12.1. The normalized spacial score (nSPS) is 29.2. The highest BCUT2D eigenvalue weighted by Gasteiger charge is 2.56. The molecule has 3 saturated heterocycles. The van der Waals surface area contributed by atoms with E-state index in [0.717, 1.165) is 31.7 Å². The quantitative estimate of drug-likeness (QED) is 0.774. The summed E-state index contributed by atoms with van der Waals surface area (Å²) < 4.78 is 10.6. The van der Waals surface area contributed by atoms with Crippen LogP contribution in [0.15, 0.2) is 24.3 Å². The Morgan fingerprint density at radius 2 is 2.16 bits per heavy atom. The van der Waals surface area contributed by atoms with Gasteiger partial charge in [-0.2, -0.15) is 0 Å². The summed E-state index contributed by atoms with van der Waals surface area (Å²) in [5, 5.41) is 0. The van der Waals surface area contributed by atoms with Crippen LogP contribution in [0.2, 0.25) is 0 Å². The van der Waals surface area contributed by atoms with E-state index in [1.165, 1.54) is 12.7 Å². The lowest BCUT2D eigenvalue weighted by Crippen LogP contribution is -2.40. The third-order valence-electron chi connectivity index (χ3n) is 5.76. The van der Waals surface area contributed by atoms with Crippen LogP contribution in [0.25, 0.3) is 0 Å². The van der Waals surface area contributed by atoms with E-state index in [-0.39, 0.29) is 17.8 Å². The lowest BCUT2D eigenvalue weighted by atomic mass is 9.81. The number of methoxy groups -OCH3 is 1. The van der Waals surface area contributed by atoms with E-state index in [0.29, 0.717) is 26.2 Å². The molecule has 25 heavy (non-hydrogen) atoms. The lowest BCUT2D eigenvalue weighted by Gasteiger charge is -2.24. The van der Waals surface area contributed by atoms with Crippen LogP contribution in [-0.4, -0.2) is 56.7 Å². The zero-order valence-electron chi connectivity index (χ0n) is 14.6. The molecule has 3 fully saturated rings. The molecule has 3 heterocycles. The molecule has 0 saturated carbocycles. The second-order valence-corrected chi connectivity index (χ2v) is 7.34. The molecule has 0 aliphatic carbocycles. The molecule has 6 heteroatoms. The van der Waals surface area contributed by atoms with Crippen LogP contribution < -0.4 is 4.90 Å². The maximum Gasteiger partial charge on any atom is 0.315 e. The highest BCUT2D eigenvalue weighted by molar-refractivity contribution is 5.95. The van der Waals surface area contributed by atoms with E-state index in [1.54, 1.807) is 0 Å². The van der Waals surface area contributed by atoms with Gasteiger partial charge in [-0.3, -0.25) is 14.5 Å². The van der Waals surface area contributed by atoms with E-state index >= 15 is 0 Å². The van der Waals surface area contributed by atoms with Crippen LogP contribution in [0.5, 0.6) is 0 Å². The molecule has 4 rings (SSSR count). The van der Waals surface area contributed by atoms with Crippen LogP contribution in [-0.2, 0) is 25.6 Å². The maximum absolute atomic E-state index is 12.3. The van der Waals surface area contributed by atoms with Crippen molar-refractivity contribution >= 4 is 17.6 Å². The van der Waals surface area contributed by atoms with Crippen LogP contribution in [0.3, 0.4) is 0 Å². The van der Waals surface area contributed by atoms with Gasteiger partial charge in [0.25, 0.3) is 0 Å². The number of benzene rings is 1. The lowest BCUT2D eigenvalue weighted by molar-refractivity contribution is -0.153. The minimum atomic E-state index is -0.503. The van der Waals surface area contributed by atoms with E-state index in [1.807, 2.05) is 17.0 Å². The fourth-order valence-electron chi connectivity index (χ4n) is 4.41. The van der Waals surface area contributed by atoms with Gasteiger partial charge < -0.3 is 14.4 Å². The highest BCUT2D eigenvalue weighted by atomic mass is 16.5. The Morgan fingerprint density at radius 1 is 1.36 bits per heavy atom. The van der Waals surface area contributed by atoms with Crippen molar-refractivity contribution in [3.63, 3.8) is 0 Å². The molecule has 6 nitrogen and oxygen atoms in total. The Kier molecular flexibility index (Phi) is 4.25. The Labute approximate surface area is 147 Å².